The predicted molar refractivity (Wildman–Crippen MR) is 106 cm³/mol. The molecule has 0 aromatic heterocycles. The molecule has 0 aliphatic carbocycles. The number of halogens is 2. The molecule has 0 bridgehead atoms. The summed E-state index contributed by atoms with van der Waals surface area (Å²) in [7, 11) is 0. The molecule has 7 heteroatoms. The van der Waals surface area contributed by atoms with Crippen molar-refractivity contribution in [3.63, 3.8) is 0 Å². The zero-order valence-electron chi connectivity index (χ0n) is 15.8. The molecule has 0 heterocycles. The van der Waals surface area contributed by atoms with Gasteiger partial charge in [0.15, 0.2) is 11.6 Å². The molecule has 5 nitrogen and oxygen atoms in total. The molecule has 0 saturated heterocycles. The molecule has 146 valence electrons. The maximum atomic E-state index is 15.2. The Bertz CT molecular complexity index is 961. The van der Waals surface area contributed by atoms with Crippen molar-refractivity contribution >= 4 is 23.8 Å². The number of carboxylic acid groups (broad SMARTS) is 1. The van der Waals surface area contributed by atoms with Crippen LogP contribution in [-0.4, -0.2) is 21.6 Å². The summed E-state index contributed by atoms with van der Waals surface area (Å²) >= 11 is 5.98. The number of nitrogens with zero attached hydrogens (tertiary/aromatic N) is 2. The van der Waals surface area contributed by atoms with Gasteiger partial charge in [-0.2, -0.15) is 5.26 Å². The van der Waals surface area contributed by atoms with Gasteiger partial charge >= 0.3 is 6.09 Å². The third kappa shape index (κ3) is 4.81. The van der Waals surface area contributed by atoms with E-state index in [9.17, 15) is 9.90 Å². The summed E-state index contributed by atoms with van der Waals surface area (Å²) < 4.78 is 20.9. The Morgan fingerprint density at radius 2 is 2.07 bits per heavy atom. The summed E-state index contributed by atoms with van der Waals surface area (Å²) in [6.07, 6.45) is 0.270. The van der Waals surface area contributed by atoms with Gasteiger partial charge in [0.1, 0.15) is 5.75 Å². The van der Waals surface area contributed by atoms with Crippen LogP contribution in [-0.2, 0) is 6.54 Å². The number of amides is 1. The molecule has 2 rings (SSSR count). The summed E-state index contributed by atoms with van der Waals surface area (Å²) in [5.41, 5.74) is 0.0900. The quantitative estimate of drug-likeness (QED) is 0.659. The zero-order chi connectivity index (χ0) is 21.1. The SMILES string of the molecule is C=Cc1ccc(CN(C(=O)O)C(C)(C)C)c(F)c1Oc1cc(Cl)cc(C#N)c1. The number of benzene rings is 2. The Balaban J connectivity index is 2.49. The highest BCUT2D eigenvalue weighted by molar-refractivity contribution is 6.30. The molecule has 0 unspecified atom stereocenters. The first kappa shape index (κ1) is 21.3. The maximum Gasteiger partial charge on any atom is 0.408 e. The fourth-order valence-corrected chi connectivity index (χ4v) is 2.79. The van der Waals surface area contributed by atoms with Gasteiger partial charge in [0.2, 0.25) is 0 Å². The minimum Gasteiger partial charge on any atom is -0.465 e. The van der Waals surface area contributed by atoms with Gasteiger partial charge in [-0.15, -0.1) is 0 Å². The van der Waals surface area contributed by atoms with E-state index in [0.29, 0.717) is 5.56 Å². The van der Waals surface area contributed by atoms with Crippen molar-refractivity contribution in [3.05, 3.63) is 64.4 Å². The molecule has 0 aliphatic heterocycles. The molecule has 0 saturated carbocycles. The third-order valence-corrected chi connectivity index (χ3v) is 4.24. The van der Waals surface area contributed by atoms with Crippen molar-refractivity contribution < 1.29 is 19.0 Å². The highest BCUT2D eigenvalue weighted by Crippen LogP contribution is 2.34. The lowest BCUT2D eigenvalue weighted by molar-refractivity contribution is 0.0947. The van der Waals surface area contributed by atoms with Gasteiger partial charge in [-0.25, -0.2) is 9.18 Å². The van der Waals surface area contributed by atoms with E-state index in [1.165, 1.54) is 30.3 Å². The van der Waals surface area contributed by atoms with Crippen LogP contribution in [0.1, 0.15) is 37.5 Å². The second-order valence-electron chi connectivity index (χ2n) is 7.09. The van der Waals surface area contributed by atoms with E-state index in [-0.39, 0.29) is 34.2 Å². The van der Waals surface area contributed by atoms with Gasteiger partial charge in [-0.1, -0.05) is 36.4 Å². The summed E-state index contributed by atoms with van der Waals surface area (Å²) in [5.74, 6) is -0.626. The van der Waals surface area contributed by atoms with E-state index >= 15 is 4.39 Å². The number of hydrogen-bond acceptors (Lipinski definition) is 3. The number of hydrogen-bond donors (Lipinski definition) is 1. The minimum atomic E-state index is -1.16. The lowest BCUT2D eigenvalue weighted by atomic mass is 10.0. The van der Waals surface area contributed by atoms with Gasteiger partial charge in [0, 0.05) is 21.7 Å². The van der Waals surface area contributed by atoms with E-state index in [2.05, 4.69) is 6.58 Å². The summed E-state index contributed by atoms with van der Waals surface area (Å²) in [6.45, 7) is 8.68. The molecule has 1 N–H and O–H groups in total. The second kappa shape index (κ2) is 8.32. The van der Waals surface area contributed by atoms with Crippen molar-refractivity contribution in [1.29, 1.82) is 5.26 Å². The Labute approximate surface area is 168 Å². The molecule has 1 amide bonds. The van der Waals surface area contributed by atoms with Crippen LogP contribution in [0.15, 0.2) is 36.9 Å². The largest absolute Gasteiger partial charge is 0.465 e. The van der Waals surface area contributed by atoms with E-state index < -0.39 is 17.4 Å². The molecular weight excluding hydrogens is 383 g/mol. The van der Waals surface area contributed by atoms with Crippen LogP contribution in [0.5, 0.6) is 11.5 Å². The van der Waals surface area contributed by atoms with Gasteiger partial charge in [-0.05, 0) is 39.0 Å². The molecule has 0 fully saturated rings. The molecule has 0 aliphatic rings. The van der Waals surface area contributed by atoms with Gasteiger partial charge in [0.05, 0.1) is 18.2 Å². The average Bonchev–Trinajstić information content (AvgIpc) is 2.60. The molecule has 2 aromatic rings. The maximum absolute atomic E-state index is 15.2. The Kier molecular flexibility index (Phi) is 6.32. The smallest absolute Gasteiger partial charge is 0.408 e. The van der Waals surface area contributed by atoms with Gasteiger partial charge in [0.25, 0.3) is 0 Å². The van der Waals surface area contributed by atoms with Crippen LogP contribution >= 0.6 is 11.6 Å². The summed E-state index contributed by atoms with van der Waals surface area (Å²) in [5, 5.41) is 18.8. The van der Waals surface area contributed by atoms with E-state index in [0.717, 1.165) is 4.90 Å². The zero-order valence-corrected chi connectivity index (χ0v) is 16.5. The highest BCUT2D eigenvalue weighted by atomic mass is 35.5. The lowest BCUT2D eigenvalue weighted by Gasteiger charge is -2.33. The number of nitriles is 1. The number of rotatable bonds is 5. The first-order valence-electron chi connectivity index (χ1n) is 8.39. The Hall–Kier alpha value is -3.04. The Morgan fingerprint density at radius 3 is 2.61 bits per heavy atom. The number of carbonyl (C=O) groups is 1. The summed E-state index contributed by atoms with van der Waals surface area (Å²) in [6, 6.07) is 9.40. The average molecular weight is 403 g/mol. The predicted octanol–water partition coefficient (Wildman–Crippen LogP) is 6.06. The van der Waals surface area contributed by atoms with Gasteiger partial charge < -0.3 is 9.84 Å². The van der Waals surface area contributed by atoms with E-state index in [1.807, 2.05) is 6.07 Å². The normalized spacial score (nSPS) is 10.9. The first-order valence-corrected chi connectivity index (χ1v) is 8.77. The van der Waals surface area contributed by atoms with Crippen LogP contribution < -0.4 is 4.74 Å². The minimum absolute atomic E-state index is 0.113. The van der Waals surface area contributed by atoms with Crippen LogP contribution in [0.3, 0.4) is 0 Å². The van der Waals surface area contributed by atoms with E-state index in [1.54, 1.807) is 26.8 Å². The molecule has 0 radical (unpaired) electrons. The van der Waals surface area contributed by atoms with Crippen molar-refractivity contribution in [2.75, 3.05) is 0 Å². The van der Waals surface area contributed by atoms with E-state index in [4.69, 9.17) is 21.6 Å². The third-order valence-electron chi connectivity index (χ3n) is 4.02. The first-order chi connectivity index (χ1) is 13.1. The highest BCUT2D eigenvalue weighted by Gasteiger charge is 2.28. The molecule has 2 aromatic carbocycles. The standard InChI is InChI=1S/C21H20ClFN2O3/c1-5-14-6-7-15(12-25(20(26)27)21(2,3)4)18(23)19(14)28-17-9-13(11-24)8-16(22)10-17/h5-10H,1,12H2,2-4H3,(H,26,27). The monoisotopic (exact) mass is 402 g/mol. The fraction of sp³-hybridized carbons (Fsp3) is 0.238. The topological polar surface area (TPSA) is 73.6 Å². The lowest BCUT2D eigenvalue weighted by Crippen LogP contribution is -2.44. The fourth-order valence-electron chi connectivity index (χ4n) is 2.56. The van der Waals surface area contributed by atoms with Crippen molar-refractivity contribution in [3.8, 4) is 17.6 Å². The second-order valence-corrected chi connectivity index (χ2v) is 7.53. The van der Waals surface area contributed by atoms with Gasteiger partial charge in [-0.3, -0.25) is 4.90 Å². The van der Waals surface area contributed by atoms with Crippen LogP contribution in [0.2, 0.25) is 5.02 Å². The molecule has 28 heavy (non-hydrogen) atoms. The van der Waals surface area contributed by atoms with Crippen LogP contribution in [0.25, 0.3) is 6.08 Å². The van der Waals surface area contributed by atoms with Crippen molar-refractivity contribution in [1.82, 2.24) is 4.90 Å². The van der Waals surface area contributed by atoms with Crippen LogP contribution in [0.4, 0.5) is 9.18 Å². The molecular formula is C21H20ClFN2O3. The summed E-state index contributed by atoms with van der Waals surface area (Å²) in [4.78, 5) is 12.7. The molecule has 0 spiro atoms. The molecule has 0 atom stereocenters. The van der Waals surface area contributed by atoms with Crippen molar-refractivity contribution in [2.45, 2.75) is 32.9 Å². The van der Waals surface area contributed by atoms with Crippen molar-refractivity contribution in [2.24, 2.45) is 0 Å². The Morgan fingerprint density at radius 1 is 1.39 bits per heavy atom. The number of ether oxygens (including phenoxy) is 1. The van der Waals surface area contributed by atoms with Crippen LogP contribution in [0, 0.1) is 17.1 Å².